The van der Waals surface area contributed by atoms with Gasteiger partial charge in [0.1, 0.15) is 11.6 Å². The molecule has 0 heterocycles. The predicted molar refractivity (Wildman–Crippen MR) is 74.6 cm³/mol. The van der Waals surface area contributed by atoms with Gasteiger partial charge < -0.3 is 10.5 Å². The highest BCUT2D eigenvalue weighted by Crippen LogP contribution is 2.21. The molecule has 0 saturated heterocycles. The molecule has 5 nitrogen and oxygen atoms in total. The van der Waals surface area contributed by atoms with Gasteiger partial charge in [0.05, 0.1) is 17.7 Å². The van der Waals surface area contributed by atoms with Crippen LogP contribution in [0.15, 0.2) is 47.4 Å². The summed E-state index contributed by atoms with van der Waals surface area (Å²) in [5, 5.41) is 0. The fraction of sp³-hybridized carbons (Fsp3) is 0.0769. The first-order chi connectivity index (χ1) is 9.42. The molecule has 7 heteroatoms. The summed E-state index contributed by atoms with van der Waals surface area (Å²) < 4.78 is 44.6. The van der Waals surface area contributed by atoms with E-state index in [4.69, 9.17) is 10.5 Å². The van der Waals surface area contributed by atoms with Crippen LogP contribution in [0.25, 0.3) is 0 Å². The highest BCUT2D eigenvalue weighted by Gasteiger charge is 2.15. The van der Waals surface area contributed by atoms with Gasteiger partial charge in [0.2, 0.25) is 0 Å². The van der Waals surface area contributed by atoms with Crippen molar-refractivity contribution < 1.29 is 17.5 Å². The van der Waals surface area contributed by atoms with E-state index in [-0.39, 0.29) is 10.6 Å². The van der Waals surface area contributed by atoms with Gasteiger partial charge in [-0.3, -0.25) is 4.72 Å². The third-order valence-corrected chi connectivity index (χ3v) is 4.00. The number of methoxy groups -OCH3 is 1. The van der Waals surface area contributed by atoms with Crippen LogP contribution in [0, 0.1) is 5.82 Å². The van der Waals surface area contributed by atoms with Crippen LogP contribution in [-0.4, -0.2) is 15.5 Å². The lowest BCUT2D eigenvalue weighted by Gasteiger charge is -2.09. The Kier molecular flexibility index (Phi) is 3.80. The molecule has 0 bridgehead atoms. The second kappa shape index (κ2) is 5.38. The van der Waals surface area contributed by atoms with Crippen LogP contribution in [0.3, 0.4) is 0 Å². The van der Waals surface area contributed by atoms with E-state index in [1.807, 2.05) is 0 Å². The Bertz CT molecular complexity index is 715. The van der Waals surface area contributed by atoms with E-state index in [9.17, 15) is 12.8 Å². The number of anilines is 2. The van der Waals surface area contributed by atoms with Crippen molar-refractivity contribution >= 4 is 21.4 Å². The van der Waals surface area contributed by atoms with Gasteiger partial charge in [0.25, 0.3) is 10.0 Å². The van der Waals surface area contributed by atoms with E-state index in [1.54, 1.807) is 24.3 Å². The first-order valence-electron chi connectivity index (χ1n) is 5.64. The molecule has 2 aromatic rings. The largest absolute Gasteiger partial charge is 0.497 e. The Morgan fingerprint density at radius 1 is 1.15 bits per heavy atom. The van der Waals surface area contributed by atoms with Crippen molar-refractivity contribution in [3.05, 3.63) is 48.3 Å². The van der Waals surface area contributed by atoms with Crippen molar-refractivity contribution in [3.63, 3.8) is 0 Å². The van der Waals surface area contributed by atoms with E-state index in [0.29, 0.717) is 11.4 Å². The molecule has 0 aliphatic rings. The van der Waals surface area contributed by atoms with Crippen LogP contribution in [0.4, 0.5) is 15.8 Å². The standard InChI is InChI=1S/C13H13FN2O3S/c1-19-10-4-2-9(3-5-10)16-20(17,18)11-6-7-12(14)13(15)8-11/h2-8,16H,15H2,1H3. The maximum Gasteiger partial charge on any atom is 0.261 e. The second-order valence-electron chi connectivity index (χ2n) is 4.02. The minimum atomic E-state index is -3.81. The van der Waals surface area contributed by atoms with E-state index >= 15 is 0 Å². The molecule has 2 rings (SSSR count). The van der Waals surface area contributed by atoms with Crippen molar-refractivity contribution in [2.45, 2.75) is 4.90 Å². The third-order valence-electron chi connectivity index (χ3n) is 2.62. The Morgan fingerprint density at radius 3 is 2.35 bits per heavy atom. The highest BCUT2D eigenvalue weighted by atomic mass is 32.2. The van der Waals surface area contributed by atoms with E-state index < -0.39 is 15.8 Å². The van der Waals surface area contributed by atoms with Crippen LogP contribution in [-0.2, 0) is 10.0 Å². The summed E-state index contributed by atoms with van der Waals surface area (Å²) in [4.78, 5) is -0.104. The predicted octanol–water partition coefficient (Wildman–Crippen LogP) is 2.22. The number of nitrogens with one attached hydrogen (secondary N) is 1. The molecule has 20 heavy (non-hydrogen) atoms. The molecule has 0 aromatic heterocycles. The quantitative estimate of drug-likeness (QED) is 0.848. The number of halogens is 1. The molecule has 0 unspecified atom stereocenters. The molecule has 0 aliphatic carbocycles. The number of sulfonamides is 1. The van der Waals surface area contributed by atoms with Crippen LogP contribution >= 0.6 is 0 Å². The van der Waals surface area contributed by atoms with Crippen molar-refractivity contribution in [3.8, 4) is 5.75 Å². The molecule has 0 saturated carbocycles. The summed E-state index contributed by atoms with van der Waals surface area (Å²) in [5.74, 6) is -0.0487. The average Bonchev–Trinajstić information content (AvgIpc) is 2.42. The Hall–Kier alpha value is -2.28. The lowest BCUT2D eigenvalue weighted by molar-refractivity contribution is 0.415. The molecular weight excluding hydrogens is 283 g/mol. The first-order valence-corrected chi connectivity index (χ1v) is 7.12. The van der Waals surface area contributed by atoms with Crippen LogP contribution in [0.5, 0.6) is 5.75 Å². The molecule has 0 spiro atoms. The summed E-state index contributed by atoms with van der Waals surface area (Å²) in [7, 11) is -2.30. The van der Waals surface area contributed by atoms with Crippen molar-refractivity contribution in [1.82, 2.24) is 0 Å². The number of nitrogens with two attached hydrogens (primary N) is 1. The monoisotopic (exact) mass is 296 g/mol. The van der Waals surface area contributed by atoms with Crippen LogP contribution in [0.1, 0.15) is 0 Å². The van der Waals surface area contributed by atoms with Gasteiger partial charge in [-0.15, -0.1) is 0 Å². The van der Waals surface area contributed by atoms with Crippen molar-refractivity contribution in [1.29, 1.82) is 0 Å². The smallest absolute Gasteiger partial charge is 0.261 e. The van der Waals surface area contributed by atoms with E-state index in [1.165, 1.54) is 7.11 Å². The van der Waals surface area contributed by atoms with Gasteiger partial charge in [-0.1, -0.05) is 0 Å². The summed E-state index contributed by atoms with van der Waals surface area (Å²) in [6, 6.07) is 9.59. The number of hydrogen-bond donors (Lipinski definition) is 2. The topological polar surface area (TPSA) is 81.4 Å². The number of benzene rings is 2. The summed E-state index contributed by atoms with van der Waals surface area (Å²) in [5.41, 5.74) is 5.51. The van der Waals surface area contributed by atoms with E-state index in [2.05, 4.69) is 4.72 Å². The summed E-state index contributed by atoms with van der Waals surface area (Å²) in [6.07, 6.45) is 0. The number of hydrogen-bond acceptors (Lipinski definition) is 4. The molecule has 0 atom stereocenters. The minimum absolute atomic E-state index is 0.104. The Morgan fingerprint density at radius 2 is 1.80 bits per heavy atom. The molecule has 0 amide bonds. The zero-order chi connectivity index (χ0) is 14.8. The molecular formula is C13H13FN2O3S. The normalized spacial score (nSPS) is 11.1. The Labute approximate surface area is 116 Å². The van der Waals surface area contributed by atoms with Crippen LogP contribution < -0.4 is 15.2 Å². The molecule has 3 N–H and O–H groups in total. The number of ether oxygens (including phenoxy) is 1. The highest BCUT2D eigenvalue weighted by molar-refractivity contribution is 7.92. The first kappa shape index (κ1) is 14.1. The number of nitrogen functional groups attached to an aromatic ring is 1. The molecule has 106 valence electrons. The maximum atomic E-state index is 13.0. The van der Waals surface area contributed by atoms with Gasteiger partial charge in [0.15, 0.2) is 0 Å². The van der Waals surface area contributed by atoms with Gasteiger partial charge in [-0.2, -0.15) is 0 Å². The lowest BCUT2D eigenvalue weighted by atomic mass is 10.3. The molecule has 0 fully saturated rings. The number of rotatable bonds is 4. The SMILES string of the molecule is COc1ccc(NS(=O)(=O)c2ccc(F)c(N)c2)cc1. The molecule has 2 aromatic carbocycles. The minimum Gasteiger partial charge on any atom is -0.497 e. The summed E-state index contributed by atoms with van der Waals surface area (Å²) in [6.45, 7) is 0. The zero-order valence-corrected chi connectivity index (χ0v) is 11.4. The Balaban J connectivity index is 2.27. The van der Waals surface area contributed by atoms with Gasteiger partial charge >= 0.3 is 0 Å². The molecule has 0 aliphatic heterocycles. The van der Waals surface area contributed by atoms with Crippen molar-refractivity contribution in [2.24, 2.45) is 0 Å². The van der Waals surface area contributed by atoms with Gasteiger partial charge in [0, 0.05) is 5.69 Å². The van der Waals surface area contributed by atoms with Crippen molar-refractivity contribution in [2.75, 3.05) is 17.6 Å². The van der Waals surface area contributed by atoms with Gasteiger partial charge in [-0.05, 0) is 42.5 Å². The second-order valence-corrected chi connectivity index (χ2v) is 5.70. The maximum absolute atomic E-state index is 13.0. The third kappa shape index (κ3) is 3.00. The average molecular weight is 296 g/mol. The zero-order valence-electron chi connectivity index (χ0n) is 10.6. The molecule has 0 radical (unpaired) electrons. The fourth-order valence-electron chi connectivity index (χ4n) is 1.56. The fourth-order valence-corrected chi connectivity index (χ4v) is 2.66. The van der Waals surface area contributed by atoms with E-state index in [0.717, 1.165) is 18.2 Å². The van der Waals surface area contributed by atoms with Gasteiger partial charge in [-0.25, -0.2) is 12.8 Å². The van der Waals surface area contributed by atoms with Crippen LogP contribution in [0.2, 0.25) is 0 Å². The summed E-state index contributed by atoms with van der Waals surface area (Å²) >= 11 is 0. The lowest BCUT2D eigenvalue weighted by Crippen LogP contribution is -2.13.